The fourth-order valence-electron chi connectivity index (χ4n) is 5.18. The third-order valence-corrected chi connectivity index (χ3v) is 8.20. The second-order valence-electron chi connectivity index (χ2n) is 10.3. The number of nitrogens with one attached hydrogen (secondary N) is 2. The van der Waals surface area contributed by atoms with E-state index in [1.54, 1.807) is 31.2 Å². The monoisotopic (exact) mass is 632 g/mol. The van der Waals surface area contributed by atoms with E-state index >= 15 is 0 Å². The number of fused-ring (bicyclic) bond motifs is 2. The molecule has 0 fully saturated rings. The van der Waals surface area contributed by atoms with Gasteiger partial charge in [0.15, 0.2) is 0 Å². The normalized spacial score (nSPS) is 11.0. The average molecular weight is 633 g/mol. The van der Waals surface area contributed by atoms with E-state index in [4.69, 9.17) is 4.42 Å². The van der Waals surface area contributed by atoms with Crippen LogP contribution in [0.2, 0.25) is 0 Å². The molecule has 0 saturated carbocycles. The molecule has 0 aliphatic carbocycles. The van der Waals surface area contributed by atoms with Gasteiger partial charge in [0.1, 0.15) is 0 Å². The molecule has 0 saturated heterocycles. The molecule has 6 aromatic rings. The number of aromatic carboxylic acids is 1. The van der Waals surface area contributed by atoms with Gasteiger partial charge in [0, 0.05) is 28.3 Å². The smallest absolute Gasteiger partial charge is 0.870 e. The third kappa shape index (κ3) is 6.86. The molecule has 0 atom stereocenters. The maximum atomic E-state index is 12.2. The summed E-state index contributed by atoms with van der Waals surface area (Å²) in [4.78, 5) is 12.0. The summed E-state index contributed by atoms with van der Waals surface area (Å²) < 4.78 is 38.9. The largest absolute Gasteiger partial charge is 0.870 e. The first-order chi connectivity index (χ1) is 20.6. The predicted molar refractivity (Wildman–Crippen MR) is 178 cm³/mol. The summed E-state index contributed by atoms with van der Waals surface area (Å²) in [5, 5.41) is 18.2. The first kappa shape index (κ1) is 33.6. The Morgan fingerprint density at radius 2 is 1.27 bits per heavy atom. The van der Waals surface area contributed by atoms with Gasteiger partial charge in [-0.2, -0.15) is 8.42 Å². The van der Waals surface area contributed by atoms with Gasteiger partial charge in [0.2, 0.25) is 0 Å². The van der Waals surface area contributed by atoms with Gasteiger partial charge >= 0.3 is 46.7 Å². The first-order valence-electron chi connectivity index (χ1n) is 13.4. The standard InChI is InChI=1S/C34H26N2O6S.Na.H2O.H/c1-20-7-3-6-10-29(20)35-22-11-14-27-31(18-22)42-32-19-23(36-30-16-13-24(17-21(30)2)43(39,40)41)12-15-28(32)33(27)25-8-4-5-9-26(25)34(37)38;;;/h3-19,35-36H,1-2H3,(H-,37,38,39,40,41);;1H2;. The van der Waals surface area contributed by atoms with E-state index in [0.29, 0.717) is 33.7 Å². The van der Waals surface area contributed by atoms with Crippen molar-refractivity contribution < 1.29 is 32.8 Å². The van der Waals surface area contributed by atoms with Crippen LogP contribution in [0.25, 0.3) is 33.1 Å². The summed E-state index contributed by atoms with van der Waals surface area (Å²) in [6, 6.07) is 30.5. The second-order valence-corrected chi connectivity index (χ2v) is 11.7. The molecule has 224 valence electrons. The number of hydrogen-bond acceptors (Lipinski definition) is 6. The Balaban J connectivity index is 0.00000230. The summed E-state index contributed by atoms with van der Waals surface area (Å²) in [5.41, 5.74) is 7.36. The molecule has 11 heteroatoms. The molecular formula is C34H29N2NaO7S. The summed E-state index contributed by atoms with van der Waals surface area (Å²) >= 11 is 0. The zero-order valence-electron chi connectivity index (χ0n) is 23.7. The Kier molecular flexibility index (Phi) is 9.98. The van der Waals surface area contributed by atoms with Gasteiger partial charge in [-0.15, -0.1) is 0 Å². The zero-order valence-corrected chi connectivity index (χ0v) is 24.5. The van der Waals surface area contributed by atoms with Gasteiger partial charge in [-0.25, -0.2) is 9.21 Å². The van der Waals surface area contributed by atoms with Gasteiger partial charge in [-0.05, 0) is 85.1 Å². The van der Waals surface area contributed by atoms with Crippen molar-refractivity contribution in [1.82, 2.24) is 0 Å². The Labute approximate surface area is 281 Å². The van der Waals surface area contributed by atoms with Crippen LogP contribution in [-0.4, -0.2) is 59.1 Å². The minimum Gasteiger partial charge on any atom is -0.870 e. The number of hydrogen-bond donors (Lipinski definition) is 4. The van der Waals surface area contributed by atoms with Gasteiger partial charge in [-0.1, -0.05) is 36.4 Å². The van der Waals surface area contributed by atoms with E-state index in [-0.39, 0.29) is 45.5 Å². The molecule has 6 rings (SSSR count). The van der Waals surface area contributed by atoms with Crippen molar-refractivity contribution in [1.29, 1.82) is 0 Å². The van der Waals surface area contributed by atoms with Crippen LogP contribution in [-0.2, 0) is 10.1 Å². The van der Waals surface area contributed by atoms with Crippen molar-refractivity contribution in [2.24, 2.45) is 0 Å². The van der Waals surface area contributed by atoms with E-state index in [0.717, 1.165) is 33.3 Å². The van der Waals surface area contributed by atoms with Crippen molar-refractivity contribution in [3.05, 3.63) is 120 Å². The van der Waals surface area contributed by atoms with Crippen molar-refractivity contribution in [2.45, 2.75) is 18.7 Å². The van der Waals surface area contributed by atoms with Crippen LogP contribution >= 0.6 is 0 Å². The van der Waals surface area contributed by atoms with E-state index in [9.17, 15) is 22.9 Å². The Morgan fingerprint density at radius 1 is 0.711 bits per heavy atom. The number of carboxylic acids is 1. The quantitative estimate of drug-likeness (QED) is 0.0597. The maximum Gasteiger partial charge on any atom is -0.870 e. The summed E-state index contributed by atoms with van der Waals surface area (Å²) in [7, 11) is -4.32. The first-order valence-corrected chi connectivity index (χ1v) is 14.9. The molecule has 0 spiro atoms. The molecule has 0 amide bonds. The van der Waals surface area contributed by atoms with Crippen molar-refractivity contribution in [3.63, 3.8) is 0 Å². The minimum atomic E-state index is -4.32. The zero-order chi connectivity index (χ0) is 30.3. The number of carbonyl (C=O) groups is 1. The summed E-state index contributed by atoms with van der Waals surface area (Å²) in [5.74, 6) is -1.03. The Bertz CT molecular complexity index is 2190. The third-order valence-electron chi connectivity index (χ3n) is 7.35. The van der Waals surface area contributed by atoms with Crippen molar-refractivity contribution in [2.75, 3.05) is 10.6 Å². The van der Waals surface area contributed by atoms with E-state index in [1.165, 1.54) is 12.1 Å². The average Bonchev–Trinajstić information content (AvgIpc) is 2.97. The molecule has 45 heavy (non-hydrogen) atoms. The molecule has 1 aromatic heterocycles. The van der Waals surface area contributed by atoms with Crippen LogP contribution < -0.4 is 10.6 Å². The van der Waals surface area contributed by atoms with Gasteiger partial charge in [0.05, 0.1) is 33.4 Å². The van der Waals surface area contributed by atoms with Crippen LogP contribution in [0, 0.1) is 13.8 Å². The number of para-hydroxylation sites is 1. The number of carboxylic acid groups (broad SMARTS) is 1. The summed E-state index contributed by atoms with van der Waals surface area (Å²) in [6.45, 7) is 3.76. The molecule has 1 heterocycles. The Hall–Kier alpha value is -4.29. The maximum absolute atomic E-state index is 12.2. The van der Waals surface area contributed by atoms with Crippen LogP contribution in [0.15, 0.2) is 112 Å². The van der Waals surface area contributed by atoms with E-state index < -0.39 is 16.1 Å². The topological polar surface area (TPSA) is 157 Å². The number of anilines is 4. The van der Waals surface area contributed by atoms with Crippen LogP contribution in [0.3, 0.4) is 0 Å². The molecule has 0 aliphatic rings. The van der Waals surface area contributed by atoms with Gasteiger partial charge in [-0.3, -0.25) is 4.55 Å². The predicted octanol–water partition coefficient (Wildman–Crippen LogP) is 7.76. The minimum absolute atomic E-state index is 0. The molecule has 0 radical (unpaired) electrons. The van der Waals surface area contributed by atoms with Crippen LogP contribution in [0.1, 0.15) is 21.5 Å². The van der Waals surface area contributed by atoms with Crippen LogP contribution in [0.4, 0.5) is 22.7 Å². The van der Waals surface area contributed by atoms with Crippen molar-refractivity contribution >= 4 is 90.3 Å². The fraction of sp³-hybridized carbons (Fsp3) is 0.0588. The SMILES string of the molecule is Cc1ccccc1Nc1ccc2c(-c3ccccc3C(=O)O)c3ccc(Nc4ccc(S(=O)(=O)O)cc4C)cc3[o+]c2c1.[NaH].[OH-]. The van der Waals surface area contributed by atoms with Crippen LogP contribution in [0.5, 0.6) is 0 Å². The molecule has 0 unspecified atom stereocenters. The molecule has 0 aliphatic heterocycles. The molecule has 9 nitrogen and oxygen atoms in total. The number of benzene rings is 5. The fourth-order valence-corrected chi connectivity index (χ4v) is 5.75. The van der Waals surface area contributed by atoms with Crippen molar-refractivity contribution in [3.8, 4) is 11.1 Å². The number of aryl methyl sites for hydroxylation is 2. The molecule has 0 bridgehead atoms. The summed E-state index contributed by atoms with van der Waals surface area (Å²) in [6.07, 6.45) is 0. The second kappa shape index (κ2) is 13.4. The number of rotatable bonds is 7. The molecule has 5 N–H and O–H groups in total. The molecular weight excluding hydrogens is 603 g/mol. The Morgan fingerprint density at radius 3 is 1.82 bits per heavy atom. The molecule has 5 aromatic carbocycles. The van der Waals surface area contributed by atoms with E-state index in [1.807, 2.05) is 73.7 Å². The van der Waals surface area contributed by atoms with Gasteiger partial charge in [0.25, 0.3) is 10.1 Å². The van der Waals surface area contributed by atoms with Gasteiger partial charge < -0.3 is 21.2 Å². The van der Waals surface area contributed by atoms with E-state index in [2.05, 4.69) is 10.6 Å².